The molecule has 1 aromatic rings. The number of carbonyl (C=O) groups excluding carboxylic acids is 1. The summed E-state index contributed by atoms with van der Waals surface area (Å²) in [6.45, 7) is 4.01. The molecule has 0 bridgehead atoms. The summed E-state index contributed by atoms with van der Waals surface area (Å²) in [5.74, 6) is 0.0917. The Labute approximate surface area is 148 Å². The third kappa shape index (κ3) is 4.38. The highest BCUT2D eigenvalue weighted by Crippen LogP contribution is 2.26. The molecular formula is C17H24N2O5S. The summed E-state index contributed by atoms with van der Waals surface area (Å²) < 4.78 is 38.2. The number of sulfonamides is 1. The Bertz CT molecular complexity index is 680. The number of carbonyl (C=O) groups is 1. The number of rotatable bonds is 5. The molecule has 1 amide bonds. The van der Waals surface area contributed by atoms with E-state index in [0.717, 1.165) is 12.8 Å². The molecule has 7 nitrogen and oxygen atoms in total. The molecular weight excluding hydrogens is 344 g/mol. The van der Waals surface area contributed by atoms with E-state index in [-0.39, 0.29) is 17.1 Å². The number of amides is 1. The lowest BCUT2D eigenvalue weighted by atomic mass is 9.96. The first kappa shape index (κ1) is 18.3. The molecule has 0 saturated carbocycles. The van der Waals surface area contributed by atoms with Crippen LogP contribution in [-0.2, 0) is 24.3 Å². The van der Waals surface area contributed by atoms with E-state index in [0.29, 0.717) is 32.2 Å². The van der Waals surface area contributed by atoms with Crippen molar-refractivity contribution in [3.8, 4) is 0 Å². The molecule has 2 saturated heterocycles. The van der Waals surface area contributed by atoms with Crippen LogP contribution >= 0.6 is 0 Å². The topological polar surface area (TPSA) is 84.9 Å². The summed E-state index contributed by atoms with van der Waals surface area (Å²) in [7, 11) is -3.70. The average Bonchev–Trinajstić information content (AvgIpc) is 3.16. The second-order valence-corrected chi connectivity index (χ2v) is 8.14. The van der Waals surface area contributed by atoms with Crippen molar-refractivity contribution in [3.63, 3.8) is 0 Å². The Kier molecular flexibility index (Phi) is 5.73. The molecule has 2 aliphatic rings. The zero-order chi connectivity index (χ0) is 17.9. The molecule has 1 atom stereocenters. The number of likely N-dealkylation sites (tertiary alicyclic amines) is 1. The lowest BCUT2D eigenvalue weighted by Crippen LogP contribution is -2.50. The molecule has 2 aliphatic heterocycles. The van der Waals surface area contributed by atoms with Gasteiger partial charge in [0.25, 0.3) is 0 Å². The van der Waals surface area contributed by atoms with Crippen LogP contribution in [0.15, 0.2) is 35.2 Å². The Morgan fingerprint density at radius 3 is 2.36 bits per heavy atom. The number of nitrogens with one attached hydrogen (secondary N) is 1. The maximum absolute atomic E-state index is 12.6. The Hall–Kier alpha value is -1.48. The van der Waals surface area contributed by atoms with Crippen LogP contribution in [0.5, 0.6) is 0 Å². The van der Waals surface area contributed by atoms with Gasteiger partial charge in [-0.1, -0.05) is 18.2 Å². The minimum atomic E-state index is -3.70. The third-order valence-corrected chi connectivity index (χ3v) is 6.20. The van der Waals surface area contributed by atoms with Crippen molar-refractivity contribution in [2.75, 3.05) is 26.3 Å². The average molecular weight is 368 g/mol. The first-order valence-corrected chi connectivity index (χ1v) is 10.0. The Morgan fingerprint density at radius 2 is 1.76 bits per heavy atom. The van der Waals surface area contributed by atoms with Gasteiger partial charge in [-0.15, -0.1) is 0 Å². The van der Waals surface area contributed by atoms with Gasteiger partial charge in [-0.05, 0) is 31.9 Å². The molecule has 1 aromatic carbocycles. The SMILES string of the molecule is C[C@H](NS(=O)(=O)c1ccccc1)C(=O)N1CCC(C2OCCO2)CC1. The summed E-state index contributed by atoms with van der Waals surface area (Å²) in [6.07, 6.45) is 1.44. The number of hydrogen-bond donors (Lipinski definition) is 1. The van der Waals surface area contributed by atoms with Gasteiger partial charge in [0.15, 0.2) is 6.29 Å². The summed E-state index contributed by atoms with van der Waals surface area (Å²) in [4.78, 5) is 14.4. The van der Waals surface area contributed by atoms with E-state index in [1.165, 1.54) is 12.1 Å². The van der Waals surface area contributed by atoms with E-state index in [4.69, 9.17) is 9.47 Å². The quantitative estimate of drug-likeness (QED) is 0.837. The first-order valence-electron chi connectivity index (χ1n) is 8.57. The molecule has 25 heavy (non-hydrogen) atoms. The fourth-order valence-electron chi connectivity index (χ4n) is 3.27. The van der Waals surface area contributed by atoms with Gasteiger partial charge in [-0.25, -0.2) is 8.42 Å². The zero-order valence-electron chi connectivity index (χ0n) is 14.3. The van der Waals surface area contributed by atoms with E-state index in [1.54, 1.807) is 30.0 Å². The van der Waals surface area contributed by atoms with Crippen LogP contribution in [0.25, 0.3) is 0 Å². The fourth-order valence-corrected chi connectivity index (χ4v) is 4.48. The number of piperidine rings is 1. The van der Waals surface area contributed by atoms with Crippen molar-refractivity contribution in [3.05, 3.63) is 30.3 Å². The third-order valence-electron chi connectivity index (χ3n) is 4.64. The standard InChI is InChI=1S/C17H24N2O5S/c1-13(18-25(21,22)15-5-3-2-4-6-15)16(20)19-9-7-14(8-10-19)17-23-11-12-24-17/h2-6,13-14,17-18H,7-12H2,1H3/t13-/m0/s1. The van der Waals surface area contributed by atoms with Crippen molar-refractivity contribution in [2.45, 2.75) is 37.0 Å². The van der Waals surface area contributed by atoms with Crippen LogP contribution in [-0.4, -0.2) is 57.9 Å². The second-order valence-electron chi connectivity index (χ2n) is 6.43. The molecule has 3 rings (SSSR count). The summed E-state index contributed by atoms with van der Waals surface area (Å²) in [5, 5.41) is 0. The lowest BCUT2D eigenvalue weighted by Gasteiger charge is -2.35. The molecule has 2 fully saturated rings. The van der Waals surface area contributed by atoms with Crippen LogP contribution in [0.3, 0.4) is 0 Å². The number of ether oxygens (including phenoxy) is 2. The van der Waals surface area contributed by atoms with Gasteiger partial charge >= 0.3 is 0 Å². The van der Waals surface area contributed by atoms with Gasteiger partial charge in [0, 0.05) is 19.0 Å². The minimum Gasteiger partial charge on any atom is -0.350 e. The molecule has 0 aromatic heterocycles. The number of benzene rings is 1. The van der Waals surface area contributed by atoms with Gasteiger partial charge in [0.05, 0.1) is 24.2 Å². The van der Waals surface area contributed by atoms with E-state index >= 15 is 0 Å². The van der Waals surface area contributed by atoms with Gasteiger partial charge in [0.2, 0.25) is 15.9 Å². The van der Waals surface area contributed by atoms with Crippen molar-refractivity contribution >= 4 is 15.9 Å². The Morgan fingerprint density at radius 1 is 1.16 bits per heavy atom. The molecule has 138 valence electrons. The normalized spacial score (nSPS) is 21.4. The predicted octanol–water partition coefficient (Wildman–Crippen LogP) is 0.965. The molecule has 8 heteroatoms. The molecule has 0 aliphatic carbocycles. The van der Waals surface area contributed by atoms with E-state index in [1.807, 2.05) is 0 Å². The van der Waals surface area contributed by atoms with Crippen LogP contribution in [0, 0.1) is 5.92 Å². The Balaban J connectivity index is 1.54. The maximum atomic E-state index is 12.6. The van der Waals surface area contributed by atoms with E-state index < -0.39 is 16.1 Å². The van der Waals surface area contributed by atoms with Crippen LogP contribution < -0.4 is 4.72 Å². The highest BCUT2D eigenvalue weighted by atomic mass is 32.2. The first-order chi connectivity index (χ1) is 12.0. The summed E-state index contributed by atoms with van der Waals surface area (Å²) in [6, 6.07) is 7.26. The smallest absolute Gasteiger partial charge is 0.241 e. The van der Waals surface area contributed by atoms with E-state index in [9.17, 15) is 13.2 Å². The molecule has 2 heterocycles. The maximum Gasteiger partial charge on any atom is 0.241 e. The minimum absolute atomic E-state index is 0.156. The highest BCUT2D eigenvalue weighted by Gasteiger charge is 2.33. The van der Waals surface area contributed by atoms with Crippen molar-refractivity contribution in [1.29, 1.82) is 0 Å². The summed E-state index contributed by atoms with van der Waals surface area (Å²) >= 11 is 0. The van der Waals surface area contributed by atoms with Gasteiger partial charge in [-0.2, -0.15) is 4.72 Å². The highest BCUT2D eigenvalue weighted by molar-refractivity contribution is 7.89. The largest absolute Gasteiger partial charge is 0.350 e. The van der Waals surface area contributed by atoms with Gasteiger partial charge < -0.3 is 14.4 Å². The molecule has 0 spiro atoms. The second kappa shape index (κ2) is 7.82. The van der Waals surface area contributed by atoms with Crippen molar-refractivity contribution in [1.82, 2.24) is 9.62 Å². The lowest BCUT2D eigenvalue weighted by molar-refractivity contribution is -0.138. The molecule has 0 unspecified atom stereocenters. The van der Waals surface area contributed by atoms with Crippen molar-refractivity contribution in [2.24, 2.45) is 5.92 Å². The molecule has 0 radical (unpaired) electrons. The summed E-state index contributed by atoms with van der Waals surface area (Å²) in [5.41, 5.74) is 0. The van der Waals surface area contributed by atoms with E-state index in [2.05, 4.69) is 4.72 Å². The van der Waals surface area contributed by atoms with Crippen molar-refractivity contribution < 1.29 is 22.7 Å². The number of hydrogen-bond acceptors (Lipinski definition) is 5. The van der Waals surface area contributed by atoms with Crippen LogP contribution in [0.2, 0.25) is 0 Å². The molecule has 1 N–H and O–H groups in total. The number of nitrogens with zero attached hydrogens (tertiary/aromatic N) is 1. The van der Waals surface area contributed by atoms with Gasteiger partial charge in [-0.3, -0.25) is 4.79 Å². The van der Waals surface area contributed by atoms with Crippen LogP contribution in [0.4, 0.5) is 0 Å². The van der Waals surface area contributed by atoms with Gasteiger partial charge in [0.1, 0.15) is 0 Å². The zero-order valence-corrected chi connectivity index (χ0v) is 15.1. The van der Waals surface area contributed by atoms with Crippen LogP contribution in [0.1, 0.15) is 19.8 Å². The fraction of sp³-hybridized carbons (Fsp3) is 0.588. The monoisotopic (exact) mass is 368 g/mol. The predicted molar refractivity (Wildman–Crippen MR) is 91.2 cm³/mol.